The summed E-state index contributed by atoms with van der Waals surface area (Å²) in [5.41, 5.74) is 2.83. The van der Waals surface area contributed by atoms with Gasteiger partial charge in [-0.1, -0.05) is 44.2 Å². The Morgan fingerprint density at radius 2 is 1.62 bits per heavy atom. The van der Waals surface area contributed by atoms with Crippen LogP contribution in [0, 0.1) is 5.82 Å². The minimum Gasteiger partial charge on any atom is -0.342 e. The van der Waals surface area contributed by atoms with Crippen molar-refractivity contribution in [3.05, 3.63) is 59.9 Å². The first-order valence-electron chi connectivity index (χ1n) is 7.49. The molecule has 1 unspecified atom stereocenters. The van der Waals surface area contributed by atoms with Crippen molar-refractivity contribution in [2.75, 3.05) is 18.5 Å². The molecule has 0 amide bonds. The van der Waals surface area contributed by atoms with Crippen molar-refractivity contribution in [1.82, 2.24) is 5.32 Å². The molecule has 0 aromatic heterocycles. The average Bonchev–Trinajstić information content (AvgIpc) is 2.52. The van der Waals surface area contributed by atoms with Crippen LogP contribution in [0.1, 0.15) is 31.9 Å². The molecule has 2 rings (SSSR count). The zero-order chi connectivity index (χ0) is 15.2. The van der Waals surface area contributed by atoms with Gasteiger partial charge < -0.3 is 10.2 Å². The Bertz CT molecular complexity index is 583. The third-order valence-corrected chi connectivity index (χ3v) is 3.75. The van der Waals surface area contributed by atoms with Crippen LogP contribution >= 0.6 is 0 Å². The van der Waals surface area contributed by atoms with Crippen LogP contribution in [0.5, 0.6) is 0 Å². The molecule has 0 saturated carbocycles. The van der Waals surface area contributed by atoms with Gasteiger partial charge in [0.25, 0.3) is 0 Å². The van der Waals surface area contributed by atoms with Crippen molar-refractivity contribution in [1.29, 1.82) is 0 Å². The highest BCUT2D eigenvalue weighted by Crippen LogP contribution is 2.33. The lowest BCUT2D eigenvalue weighted by Crippen LogP contribution is -2.23. The Kier molecular flexibility index (Phi) is 5.34. The number of rotatable bonds is 6. The highest BCUT2D eigenvalue weighted by molar-refractivity contribution is 5.66. The zero-order valence-corrected chi connectivity index (χ0v) is 12.9. The van der Waals surface area contributed by atoms with Crippen molar-refractivity contribution >= 4 is 11.4 Å². The van der Waals surface area contributed by atoms with Crippen LogP contribution in [0.2, 0.25) is 0 Å². The van der Waals surface area contributed by atoms with Crippen LogP contribution in [-0.4, -0.2) is 13.6 Å². The minimum atomic E-state index is -0.202. The largest absolute Gasteiger partial charge is 0.342 e. The first kappa shape index (κ1) is 15.5. The van der Waals surface area contributed by atoms with Crippen LogP contribution in [0.3, 0.4) is 0 Å². The van der Waals surface area contributed by atoms with Crippen LogP contribution in [0.15, 0.2) is 48.5 Å². The molecule has 0 saturated heterocycles. The summed E-state index contributed by atoms with van der Waals surface area (Å²) in [6, 6.07) is 15.3. The van der Waals surface area contributed by atoms with E-state index < -0.39 is 0 Å². The number of halogens is 1. The van der Waals surface area contributed by atoms with Crippen molar-refractivity contribution in [2.24, 2.45) is 0 Å². The van der Waals surface area contributed by atoms with E-state index in [4.69, 9.17) is 0 Å². The van der Waals surface area contributed by atoms with Gasteiger partial charge in [0.05, 0.1) is 5.69 Å². The van der Waals surface area contributed by atoms with E-state index in [0.717, 1.165) is 18.7 Å². The van der Waals surface area contributed by atoms with Crippen molar-refractivity contribution in [3.8, 4) is 0 Å². The van der Waals surface area contributed by atoms with Crippen LogP contribution < -0.4 is 10.2 Å². The smallest absolute Gasteiger partial charge is 0.146 e. The molecule has 21 heavy (non-hydrogen) atoms. The molecule has 1 atom stereocenters. The maximum atomic E-state index is 14.0. The van der Waals surface area contributed by atoms with Crippen LogP contribution in [0.4, 0.5) is 15.8 Å². The Morgan fingerprint density at radius 1 is 1.00 bits per heavy atom. The summed E-state index contributed by atoms with van der Waals surface area (Å²) in [5.74, 6) is -0.202. The quantitative estimate of drug-likeness (QED) is 0.831. The number of nitrogens with one attached hydrogen (secondary N) is 1. The lowest BCUT2D eigenvalue weighted by Gasteiger charge is -2.27. The number of para-hydroxylation sites is 2. The molecule has 1 N–H and O–H groups in total. The van der Waals surface area contributed by atoms with E-state index in [1.54, 1.807) is 12.1 Å². The van der Waals surface area contributed by atoms with E-state index in [-0.39, 0.29) is 11.9 Å². The summed E-state index contributed by atoms with van der Waals surface area (Å²) >= 11 is 0. The SMILES string of the molecule is CCNC(CC)c1ccccc1N(C)c1ccccc1F. The lowest BCUT2D eigenvalue weighted by molar-refractivity contribution is 0.537. The molecule has 2 nitrogen and oxygen atoms in total. The molecule has 0 spiro atoms. The lowest BCUT2D eigenvalue weighted by atomic mass is 10.0. The van der Waals surface area contributed by atoms with Gasteiger partial charge in [-0.05, 0) is 36.7 Å². The maximum Gasteiger partial charge on any atom is 0.146 e. The molecule has 0 aliphatic rings. The van der Waals surface area contributed by atoms with E-state index in [1.807, 2.05) is 36.2 Å². The second kappa shape index (κ2) is 7.23. The molecule has 0 heterocycles. The molecule has 2 aromatic rings. The summed E-state index contributed by atoms with van der Waals surface area (Å²) in [7, 11) is 1.91. The summed E-state index contributed by atoms with van der Waals surface area (Å²) < 4.78 is 14.0. The number of hydrogen-bond acceptors (Lipinski definition) is 2. The molecule has 0 radical (unpaired) electrons. The minimum absolute atomic E-state index is 0.202. The Labute approximate surface area is 126 Å². The predicted octanol–water partition coefficient (Wildman–Crippen LogP) is 4.65. The van der Waals surface area contributed by atoms with Gasteiger partial charge in [0.2, 0.25) is 0 Å². The van der Waals surface area contributed by atoms with Gasteiger partial charge in [-0.2, -0.15) is 0 Å². The van der Waals surface area contributed by atoms with E-state index in [2.05, 4.69) is 25.2 Å². The summed E-state index contributed by atoms with van der Waals surface area (Å²) in [4.78, 5) is 1.92. The monoisotopic (exact) mass is 286 g/mol. The highest BCUT2D eigenvalue weighted by atomic mass is 19.1. The summed E-state index contributed by atoms with van der Waals surface area (Å²) in [6.07, 6.45) is 0.996. The Morgan fingerprint density at radius 3 is 2.24 bits per heavy atom. The van der Waals surface area contributed by atoms with Crippen LogP contribution in [-0.2, 0) is 0 Å². The average molecular weight is 286 g/mol. The van der Waals surface area contributed by atoms with E-state index in [0.29, 0.717) is 5.69 Å². The van der Waals surface area contributed by atoms with Crippen molar-refractivity contribution in [3.63, 3.8) is 0 Å². The standard InChI is InChI=1S/C18H23FN2/c1-4-16(20-5-2)14-10-6-8-12-17(14)21(3)18-13-9-7-11-15(18)19/h6-13,16,20H,4-5H2,1-3H3. The number of benzene rings is 2. The van der Waals surface area contributed by atoms with Crippen LogP contribution in [0.25, 0.3) is 0 Å². The zero-order valence-electron chi connectivity index (χ0n) is 12.9. The summed E-state index contributed by atoms with van der Waals surface area (Å²) in [5, 5.41) is 3.49. The Hall–Kier alpha value is -1.87. The van der Waals surface area contributed by atoms with Gasteiger partial charge in [0, 0.05) is 18.8 Å². The molecule has 0 fully saturated rings. The van der Waals surface area contributed by atoms with Gasteiger partial charge in [-0.15, -0.1) is 0 Å². The van der Waals surface area contributed by atoms with E-state index >= 15 is 0 Å². The van der Waals surface area contributed by atoms with E-state index in [1.165, 1.54) is 11.6 Å². The third-order valence-electron chi connectivity index (χ3n) is 3.75. The number of hydrogen-bond donors (Lipinski definition) is 1. The molecule has 112 valence electrons. The van der Waals surface area contributed by atoms with E-state index in [9.17, 15) is 4.39 Å². The van der Waals surface area contributed by atoms with Crippen molar-refractivity contribution in [2.45, 2.75) is 26.3 Å². The molecule has 0 aliphatic carbocycles. The molecule has 2 aromatic carbocycles. The predicted molar refractivity (Wildman–Crippen MR) is 87.6 cm³/mol. The second-order valence-electron chi connectivity index (χ2n) is 5.09. The van der Waals surface area contributed by atoms with Gasteiger partial charge in [-0.3, -0.25) is 0 Å². The molecular weight excluding hydrogens is 263 g/mol. The number of anilines is 2. The molecule has 0 bridgehead atoms. The molecule has 0 aliphatic heterocycles. The van der Waals surface area contributed by atoms with Gasteiger partial charge >= 0.3 is 0 Å². The molecular formula is C18H23FN2. The first-order chi connectivity index (χ1) is 10.2. The fourth-order valence-electron chi connectivity index (χ4n) is 2.66. The molecule has 3 heteroatoms. The van der Waals surface area contributed by atoms with Gasteiger partial charge in [0.1, 0.15) is 5.82 Å². The number of nitrogens with zero attached hydrogens (tertiary/aromatic N) is 1. The van der Waals surface area contributed by atoms with Gasteiger partial charge in [-0.25, -0.2) is 4.39 Å². The normalized spacial score (nSPS) is 12.2. The third kappa shape index (κ3) is 3.42. The fraction of sp³-hybridized carbons (Fsp3) is 0.333. The first-order valence-corrected chi connectivity index (χ1v) is 7.49. The fourth-order valence-corrected chi connectivity index (χ4v) is 2.66. The second-order valence-corrected chi connectivity index (χ2v) is 5.09. The van der Waals surface area contributed by atoms with Gasteiger partial charge in [0.15, 0.2) is 0 Å². The highest BCUT2D eigenvalue weighted by Gasteiger charge is 2.17. The van der Waals surface area contributed by atoms with Crippen molar-refractivity contribution < 1.29 is 4.39 Å². The Balaban J connectivity index is 2.42. The maximum absolute atomic E-state index is 14.0. The topological polar surface area (TPSA) is 15.3 Å². The summed E-state index contributed by atoms with van der Waals surface area (Å²) in [6.45, 7) is 5.18.